The van der Waals surface area contributed by atoms with Gasteiger partial charge in [-0.1, -0.05) is 42.5 Å². The molecule has 0 bridgehead atoms. The van der Waals surface area contributed by atoms with Crippen molar-refractivity contribution in [2.24, 2.45) is 0 Å². The summed E-state index contributed by atoms with van der Waals surface area (Å²) in [4.78, 5) is -0.404. The second-order valence-corrected chi connectivity index (χ2v) is 8.05. The molecule has 6 heteroatoms. The van der Waals surface area contributed by atoms with Gasteiger partial charge in [0, 0.05) is 5.56 Å². The van der Waals surface area contributed by atoms with Crippen molar-refractivity contribution in [1.82, 2.24) is 0 Å². The second-order valence-electron chi connectivity index (χ2n) is 5.28. The van der Waals surface area contributed by atoms with Gasteiger partial charge in [-0.2, -0.15) is 5.26 Å². The number of halogens is 1. The molecule has 0 radical (unpaired) electrons. The third-order valence-corrected chi connectivity index (χ3v) is 6.03. The molecule has 3 aromatic rings. The number of benzene rings is 3. The molecule has 0 fully saturated rings. The van der Waals surface area contributed by atoms with Crippen LogP contribution in [0.15, 0.2) is 74.9 Å². The van der Waals surface area contributed by atoms with Crippen LogP contribution in [-0.4, -0.2) is 13.5 Å². The van der Waals surface area contributed by atoms with Gasteiger partial charge in [-0.25, -0.2) is 8.42 Å². The molecule has 25 heavy (non-hydrogen) atoms. The topological polar surface area (TPSA) is 78.2 Å². The Balaban J connectivity index is 2.28. The highest BCUT2D eigenvalue weighted by Gasteiger charge is 2.22. The van der Waals surface area contributed by atoms with Crippen molar-refractivity contribution in [3.63, 3.8) is 0 Å². The molecule has 4 nitrogen and oxygen atoms in total. The lowest BCUT2D eigenvalue weighted by Crippen LogP contribution is -2.03. The Morgan fingerprint density at radius 1 is 1.08 bits per heavy atom. The summed E-state index contributed by atoms with van der Waals surface area (Å²) < 4.78 is 25.9. The molecule has 0 saturated carbocycles. The molecule has 0 amide bonds. The number of sulfone groups is 1. The number of nitriles is 1. The van der Waals surface area contributed by atoms with Crippen molar-refractivity contribution >= 4 is 42.6 Å². The molecule has 0 aromatic heterocycles. The van der Waals surface area contributed by atoms with E-state index in [0.29, 0.717) is 9.86 Å². The smallest absolute Gasteiger partial charge is 0.216 e. The standard InChI is InChI=1S/C19H12BrNO3S/c20-18-10-13-6-4-5-9-16(13)17(19(18)22)11-15(12-21)25(23,24)14-7-2-1-3-8-14/h1-11,22H. The number of hydrogen-bond acceptors (Lipinski definition) is 4. The van der Waals surface area contributed by atoms with Crippen LogP contribution in [0.2, 0.25) is 0 Å². The molecule has 3 aromatic carbocycles. The first-order valence-electron chi connectivity index (χ1n) is 7.27. The van der Waals surface area contributed by atoms with Crippen LogP contribution in [0.4, 0.5) is 0 Å². The zero-order chi connectivity index (χ0) is 18.0. The van der Waals surface area contributed by atoms with E-state index < -0.39 is 14.7 Å². The minimum Gasteiger partial charge on any atom is -0.506 e. The fourth-order valence-corrected chi connectivity index (χ4v) is 4.13. The Morgan fingerprint density at radius 2 is 1.72 bits per heavy atom. The van der Waals surface area contributed by atoms with Gasteiger partial charge in [-0.05, 0) is 51.0 Å². The van der Waals surface area contributed by atoms with Gasteiger partial charge in [-0.15, -0.1) is 0 Å². The SMILES string of the molecule is N#CC(=Cc1c(O)c(Br)cc2ccccc12)S(=O)(=O)c1ccccc1. The van der Waals surface area contributed by atoms with E-state index in [0.717, 1.165) is 5.39 Å². The third kappa shape index (κ3) is 3.16. The molecule has 124 valence electrons. The number of aromatic hydroxyl groups is 1. The van der Waals surface area contributed by atoms with E-state index in [4.69, 9.17) is 0 Å². The summed E-state index contributed by atoms with van der Waals surface area (Å²) in [6, 6.07) is 18.4. The number of phenols is 1. The molecule has 0 unspecified atom stereocenters. The molecule has 3 rings (SSSR count). The average Bonchev–Trinajstić information content (AvgIpc) is 2.63. The summed E-state index contributed by atoms with van der Waals surface area (Å²) in [6.07, 6.45) is 1.21. The molecule has 0 aliphatic heterocycles. The van der Waals surface area contributed by atoms with Crippen molar-refractivity contribution in [1.29, 1.82) is 5.26 Å². The molecular weight excluding hydrogens is 402 g/mol. The highest BCUT2D eigenvalue weighted by Crippen LogP contribution is 2.37. The summed E-state index contributed by atoms with van der Waals surface area (Å²) in [5.74, 6) is -0.116. The lowest BCUT2D eigenvalue weighted by Gasteiger charge is -2.09. The largest absolute Gasteiger partial charge is 0.506 e. The van der Waals surface area contributed by atoms with Crippen molar-refractivity contribution in [2.45, 2.75) is 4.90 Å². The Hall–Kier alpha value is -2.62. The Labute approximate surface area is 153 Å². The monoisotopic (exact) mass is 413 g/mol. The molecule has 0 saturated heterocycles. The van der Waals surface area contributed by atoms with Crippen LogP contribution in [0.3, 0.4) is 0 Å². The molecule has 0 aliphatic carbocycles. The number of fused-ring (bicyclic) bond motifs is 1. The summed E-state index contributed by atoms with van der Waals surface area (Å²) >= 11 is 3.26. The van der Waals surface area contributed by atoms with Crippen molar-refractivity contribution in [3.05, 3.63) is 75.6 Å². The number of phenolic OH excluding ortho intramolecular Hbond substituents is 1. The Bertz CT molecular complexity index is 1130. The highest BCUT2D eigenvalue weighted by molar-refractivity contribution is 9.10. The fraction of sp³-hybridized carbons (Fsp3) is 0. The Kier molecular flexibility index (Phi) is 4.62. The predicted octanol–water partition coefficient (Wildman–Crippen LogP) is 4.65. The van der Waals surface area contributed by atoms with Gasteiger partial charge in [0.05, 0.1) is 9.37 Å². The fourth-order valence-electron chi connectivity index (χ4n) is 2.50. The Morgan fingerprint density at radius 3 is 2.40 bits per heavy atom. The highest BCUT2D eigenvalue weighted by atomic mass is 79.9. The van der Waals surface area contributed by atoms with Crippen molar-refractivity contribution in [3.8, 4) is 11.8 Å². The van der Waals surface area contributed by atoms with Gasteiger partial charge in [0.15, 0.2) is 0 Å². The van der Waals surface area contributed by atoms with Gasteiger partial charge in [0.1, 0.15) is 16.7 Å². The van der Waals surface area contributed by atoms with E-state index in [1.165, 1.54) is 18.2 Å². The second kappa shape index (κ2) is 6.71. The van der Waals surface area contributed by atoms with Gasteiger partial charge in [0.2, 0.25) is 9.84 Å². The van der Waals surface area contributed by atoms with Crippen LogP contribution < -0.4 is 0 Å². The van der Waals surface area contributed by atoms with E-state index in [-0.39, 0.29) is 16.2 Å². The van der Waals surface area contributed by atoms with E-state index in [1.807, 2.05) is 12.1 Å². The molecule has 0 atom stereocenters. The van der Waals surface area contributed by atoms with Gasteiger partial charge < -0.3 is 5.11 Å². The number of rotatable bonds is 3. The van der Waals surface area contributed by atoms with Crippen LogP contribution >= 0.6 is 15.9 Å². The lowest BCUT2D eigenvalue weighted by molar-refractivity contribution is 0.471. The lowest BCUT2D eigenvalue weighted by atomic mass is 10.0. The maximum Gasteiger partial charge on any atom is 0.216 e. The molecule has 0 heterocycles. The third-order valence-electron chi connectivity index (χ3n) is 3.74. The summed E-state index contributed by atoms with van der Waals surface area (Å²) in [5.41, 5.74) is 0.279. The average molecular weight is 414 g/mol. The van der Waals surface area contributed by atoms with Crippen molar-refractivity contribution in [2.75, 3.05) is 0 Å². The quantitative estimate of drug-likeness (QED) is 0.633. The van der Waals surface area contributed by atoms with E-state index in [9.17, 15) is 18.8 Å². The molecule has 0 aliphatic rings. The zero-order valence-electron chi connectivity index (χ0n) is 12.8. The molecular formula is C19H12BrNO3S. The van der Waals surface area contributed by atoms with E-state index >= 15 is 0 Å². The zero-order valence-corrected chi connectivity index (χ0v) is 15.3. The van der Waals surface area contributed by atoms with Crippen LogP contribution in [0.25, 0.3) is 16.8 Å². The normalized spacial score (nSPS) is 12.1. The van der Waals surface area contributed by atoms with Gasteiger partial charge in [-0.3, -0.25) is 0 Å². The van der Waals surface area contributed by atoms with Crippen LogP contribution in [0, 0.1) is 11.3 Å². The summed E-state index contributed by atoms with van der Waals surface area (Å²) in [7, 11) is -3.97. The first-order valence-corrected chi connectivity index (χ1v) is 9.55. The molecule has 0 spiro atoms. The van der Waals surface area contributed by atoms with E-state index in [2.05, 4.69) is 15.9 Å². The minimum absolute atomic E-state index is 0.0293. The first-order chi connectivity index (χ1) is 11.9. The maximum atomic E-state index is 12.7. The summed E-state index contributed by atoms with van der Waals surface area (Å²) in [6.45, 7) is 0. The van der Waals surface area contributed by atoms with Gasteiger partial charge in [0.25, 0.3) is 0 Å². The van der Waals surface area contributed by atoms with E-state index in [1.54, 1.807) is 42.5 Å². The summed E-state index contributed by atoms with van der Waals surface area (Å²) in [5, 5.41) is 21.3. The van der Waals surface area contributed by atoms with Crippen LogP contribution in [-0.2, 0) is 9.84 Å². The molecule has 1 N–H and O–H groups in total. The van der Waals surface area contributed by atoms with Gasteiger partial charge >= 0.3 is 0 Å². The maximum absolute atomic E-state index is 12.7. The number of allylic oxidation sites excluding steroid dienone is 1. The number of nitrogens with zero attached hydrogens (tertiary/aromatic N) is 1. The predicted molar refractivity (Wildman–Crippen MR) is 101 cm³/mol. The van der Waals surface area contributed by atoms with Crippen LogP contribution in [0.5, 0.6) is 5.75 Å². The van der Waals surface area contributed by atoms with Crippen LogP contribution in [0.1, 0.15) is 5.56 Å². The minimum atomic E-state index is -3.97. The first kappa shape index (κ1) is 17.2. The number of hydrogen-bond donors (Lipinski definition) is 1. The van der Waals surface area contributed by atoms with Crippen molar-refractivity contribution < 1.29 is 13.5 Å².